The van der Waals surface area contributed by atoms with Crippen LogP contribution in [0.25, 0.3) is 0 Å². The molecular formula is C8H12Cl2N2. The van der Waals surface area contributed by atoms with Gasteiger partial charge in [0.2, 0.25) is 0 Å². The van der Waals surface area contributed by atoms with Crippen molar-refractivity contribution in [2.75, 3.05) is 20.1 Å². The second-order valence-corrected chi connectivity index (χ2v) is 3.49. The molecule has 0 N–H and O–H groups in total. The van der Waals surface area contributed by atoms with Gasteiger partial charge in [0.05, 0.1) is 12.0 Å². The van der Waals surface area contributed by atoms with Gasteiger partial charge in [-0.15, -0.1) is 0 Å². The molecule has 0 saturated carbocycles. The summed E-state index contributed by atoms with van der Waals surface area (Å²) in [5.41, 5.74) is 1.34. The van der Waals surface area contributed by atoms with Gasteiger partial charge < -0.3 is 0 Å². The second kappa shape index (κ2) is 6.30. The average molecular weight is 207 g/mol. The molecule has 0 aromatic rings. The Morgan fingerprint density at radius 3 is 2.75 bits per heavy atom. The molecule has 4 heteroatoms. The zero-order valence-electron chi connectivity index (χ0n) is 7.22. The zero-order chi connectivity index (χ0) is 9.56. The van der Waals surface area contributed by atoms with E-state index in [-0.39, 0.29) is 5.92 Å². The lowest BCUT2D eigenvalue weighted by Crippen LogP contribution is -2.24. The van der Waals surface area contributed by atoms with Crippen LogP contribution in [-0.2, 0) is 0 Å². The Labute approximate surface area is 83.4 Å². The minimum atomic E-state index is 0.0230. The first kappa shape index (κ1) is 11.8. The molecule has 0 bridgehead atoms. The molecule has 2 nitrogen and oxygen atoms in total. The number of nitriles is 1. The molecule has 0 aromatic heterocycles. The van der Waals surface area contributed by atoms with Crippen LogP contribution in [0.2, 0.25) is 0 Å². The third kappa shape index (κ3) is 5.42. The van der Waals surface area contributed by atoms with Crippen molar-refractivity contribution in [3.63, 3.8) is 0 Å². The molecule has 0 aliphatic heterocycles. The highest BCUT2D eigenvalue weighted by molar-refractivity contribution is 6.36. The Morgan fingerprint density at radius 2 is 2.33 bits per heavy atom. The second-order valence-electron chi connectivity index (χ2n) is 2.78. The molecule has 0 amide bonds. The average Bonchev–Trinajstić information content (AvgIpc) is 2.03. The summed E-state index contributed by atoms with van der Waals surface area (Å²) < 4.78 is 0. The van der Waals surface area contributed by atoms with Crippen molar-refractivity contribution in [3.8, 4) is 6.07 Å². The maximum atomic E-state index is 8.52. The van der Waals surface area contributed by atoms with E-state index in [0.717, 1.165) is 0 Å². The van der Waals surface area contributed by atoms with E-state index in [9.17, 15) is 0 Å². The van der Waals surface area contributed by atoms with Gasteiger partial charge >= 0.3 is 0 Å². The van der Waals surface area contributed by atoms with Gasteiger partial charge in [0.15, 0.2) is 0 Å². The first-order valence-electron chi connectivity index (χ1n) is 3.63. The van der Waals surface area contributed by atoms with Gasteiger partial charge in [0.1, 0.15) is 0 Å². The fraction of sp³-hybridized carbons (Fsp3) is 0.625. The largest absolute Gasteiger partial charge is 0.300 e. The van der Waals surface area contributed by atoms with E-state index < -0.39 is 0 Å². The van der Waals surface area contributed by atoms with E-state index in [1.165, 1.54) is 5.54 Å². The minimum absolute atomic E-state index is 0.0230. The van der Waals surface area contributed by atoms with Crippen LogP contribution >= 0.6 is 23.2 Å². The van der Waals surface area contributed by atoms with Crippen molar-refractivity contribution in [2.24, 2.45) is 5.92 Å². The Morgan fingerprint density at radius 1 is 1.75 bits per heavy atom. The number of halogens is 2. The zero-order valence-corrected chi connectivity index (χ0v) is 8.73. The molecule has 0 saturated heterocycles. The summed E-state index contributed by atoms with van der Waals surface area (Å²) in [7, 11) is 1.90. The van der Waals surface area contributed by atoms with Gasteiger partial charge in [-0.3, -0.25) is 4.90 Å². The fourth-order valence-electron chi connectivity index (χ4n) is 0.865. The van der Waals surface area contributed by atoms with Gasteiger partial charge in [0, 0.05) is 23.7 Å². The Kier molecular flexibility index (Phi) is 6.18. The number of hydrogen-bond donors (Lipinski definition) is 0. The van der Waals surface area contributed by atoms with Crippen LogP contribution in [0.1, 0.15) is 6.92 Å². The smallest absolute Gasteiger partial charge is 0.0666 e. The maximum Gasteiger partial charge on any atom is 0.0666 e. The Balaban J connectivity index is 3.75. The maximum absolute atomic E-state index is 8.52. The van der Waals surface area contributed by atoms with Crippen molar-refractivity contribution < 1.29 is 0 Å². The number of rotatable bonds is 4. The molecule has 0 rings (SSSR count). The van der Waals surface area contributed by atoms with Gasteiger partial charge in [-0.2, -0.15) is 5.26 Å². The molecule has 0 aliphatic carbocycles. The molecule has 0 aromatic carbocycles. The third-order valence-corrected chi connectivity index (χ3v) is 1.95. The lowest BCUT2D eigenvalue weighted by molar-refractivity contribution is 0.339. The third-order valence-electron chi connectivity index (χ3n) is 1.35. The highest BCUT2D eigenvalue weighted by Crippen LogP contribution is 2.06. The summed E-state index contributed by atoms with van der Waals surface area (Å²) in [6, 6.07) is 2.15. The molecule has 12 heavy (non-hydrogen) atoms. The molecular weight excluding hydrogens is 195 g/mol. The lowest BCUT2D eigenvalue weighted by atomic mass is 10.2. The van der Waals surface area contributed by atoms with Crippen LogP contribution in [0, 0.1) is 17.2 Å². The van der Waals surface area contributed by atoms with Gasteiger partial charge in [-0.1, -0.05) is 23.2 Å². The summed E-state index contributed by atoms with van der Waals surface area (Å²) in [5.74, 6) is 0.0230. The van der Waals surface area contributed by atoms with Crippen LogP contribution in [0.5, 0.6) is 0 Å². The van der Waals surface area contributed by atoms with E-state index in [0.29, 0.717) is 18.1 Å². The normalized spacial score (nSPS) is 14.5. The quantitative estimate of drug-likeness (QED) is 0.707. The van der Waals surface area contributed by atoms with E-state index in [1.54, 1.807) is 0 Å². The first-order valence-corrected chi connectivity index (χ1v) is 4.44. The lowest BCUT2D eigenvalue weighted by Gasteiger charge is -2.16. The van der Waals surface area contributed by atoms with E-state index in [2.05, 4.69) is 6.07 Å². The minimum Gasteiger partial charge on any atom is -0.300 e. The number of nitrogens with zero attached hydrogens (tertiary/aromatic N) is 2. The van der Waals surface area contributed by atoms with Crippen molar-refractivity contribution >= 4 is 23.2 Å². The highest BCUT2D eigenvalue weighted by Gasteiger charge is 2.05. The topological polar surface area (TPSA) is 27.0 Å². The summed E-state index contributed by atoms with van der Waals surface area (Å²) in [6.07, 6.45) is 0. The Bertz CT molecular complexity index is 196. The standard InChI is InChI=1S/C8H12Cl2N2/c1-7(4-11)5-12(2)6-8(10)3-9/h3,7H,5-6H2,1-2H3. The Hall–Kier alpha value is -0.230. The summed E-state index contributed by atoms with van der Waals surface area (Å²) in [6.45, 7) is 3.17. The number of likely N-dealkylation sites (N-methyl/N-ethyl adjacent to an activating group) is 1. The summed E-state index contributed by atoms with van der Waals surface area (Å²) in [5, 5.41) is 9.11. The van der Waals surface area contributed by atoms with Crippen LogP contribution in [-0.4, -0.2) is 25.0 Å². The van der Waals surface area contributed by atoms with E-state index >= 15 is 0 Å². The highest BCUT2D eigenvalue weighted by atomic mass is 35.5. The predicted molar refractivity (Wildman–Crippen MR) is 52.1 cm³/mol. The van der Waals surface area contributed by atoms with Gasteiger partial charge in [0.25, 0.3) is 0 Å². The van der Waals surface area contributed by atoms with Crippen molar-refractivity contribution in [3.05, 3.63) is 10.6 Å². The van der Waals surface area contributed by atoms with Crippen molar-refractivity contribution in [1.29, 1.82) is 5.26 Å². The van der Waals surface area contributed by atoms with Crippen LogP contribution in [0.15, 0.2) is 10.6 Å². The summed E-state index contributed by atoms with van der Waals surface area (Å²) >= 11 is 11.1. The van der Waals surface area contributed by atoms with Crippen LogP contribution in [0.4, 0.5) is 0 Å². The van der Waals surface area contributed by atoms with Crippen molar-refractivity contribution in [1.82, 2.24) is 4.90 Å². The molecule has 0 radical (unpaired) electrons. The molecule has 0 heterocycles. The first-order chi connectivity index (χ1) is 5.60. The van der Waals surface area contributed by atoms with Gasteiger partial charge in [-0.05, 0) is 14.0 Å². The molecule has 0 spiro atoms. The molecule has 0 aliphatic rings. The molecule has 1 unspecified atom stereocenters. The monoisotopic (exact) mass is 206 g/mol. The van der Waals surface area contributed by atoms with Crippen molar-refractivity contribution in [2.45, 2.75) is 6.92 Å². The van der Waals surface area contributed by atoms with Gasteiger partial charge in [-0.25, -0.2) is 0 Å². The van der Waals surface area contributed by atoms with Crippen LogP contribution < -0.4 is 0 Å². The predicted octanol–water partition coefficient (Wildman–Crippen LogP) is 2.40. The fourth-order valence-corrected chi connectivity index (χ4v) is 1.14. The SMILES string of the molecule is CC(C#N)CN(C)CC(Cl)=CCl. The molecule has 0 fully saturated rings. The van der Waals surface area contributed by atoms with E-state index in [1.807, 2.05) is 18.9 Å². The summed E-state index contributed by atoms with van der Waals surface area (Å²) in [4.78, 5) is 1.95. The molecule has 68 valence electrons. The van der Waals surface area contributed by atoms with E-state index in [4.69, 9.17) is 28.5 Å². The molecule has 1 atom stereocenters. The number of hydrogen-bond acceptors (Lipinski definition) is 2. The van der Waals surface area contributed by atoms with Crippen LogP contribution in [0.3, 0.4) is 0 Å².